The molecule has 96 valence electrons. The quantitative estimate of drug-likeness (QED) is 0.780. The summed E-state index contributed by atoms with van der Waals surface area (Å²) in [5.74, 6) is -2.47. The Hall–Kier alpha value is -1.56. The number of nitrogens with zero attached hydrogens (tertiary/aromatic N) is 1. The lowest BCUT2D eigenvalue weighted by atomic mass is 10.1. The lowest BCUT2D eigenvalue weighted by Gasteiger charge is -2.03. The molecule has 0 amide bonds. The van der Waals surface area contributed by atoms with Crippen LogP contribution in [0, 0.1) is 0 Å². The first-order valence-electron chi connectivity index (χ1n) is 4.97. The van der Waals surface area contributed by atoms with Gasteiger partial charge in [-0.15, -0.1) is 0 Å². The fourth-order valence-electron chi connectivity index (χ4n) is 1.49. The van der Waals surface area contributed by atoms with E-state index in [1.54, 1.807) is 24.3 Å². The zero-order chi connectivity index (χ0) is 13.3. The lowest BCUT2D eigenvalue weighted by Crippen LogP contribution is -2.24. The molecule has 18 heavy (non-hydrogen) atoms. The number of cyclic esters (lactones) is 1. The van der Waals surface area contributed by atoms with E-state index in [0.717, 1.165) is 0 Å². The van der Waals surface area contributed by atoms with E-state index in [1.807, 2.05) is 0 Å². The van der Waals surface area contributed by atoms with Crippen molar-refractivity contribution in [2.45, 2.75) is 18.6 Å². The third-order valence-corrected chi connectivity index (χ3v) is 2.58. The highest BCUT2D eigenvalue weighted by Gasteiger charge is 2.45. The highest BCUT2D eigenvalue weighted by atomic mass is 35.5. The zero-order valence-electron chi connectivity index (χ0n) is 8.87. The monoisotopic (exact) mass is 277 g/mol. The maximum absolute atomic E-state index is 12.3. The Bertz CT molecular complexity index is 496. The summed E-state index contributed by atoms with van der Waals surface area (Å²) in [6.07, 6.45) is -4.68. The number of aliphatic imine (C=N–C) groups is 1. The predicted octanol–water partition coefficient (Wildman–Crippen LogP) is 2.77. The van der Waals surface area contributed by atoms with E-state index in [1.165, 1.54) is 0 Å². The molecule has 1 heterocycles. The van der Waals surface area contributed by atoms with Crippen LogP contribution in [0.5, 0.6) is 0 Å². The summed E-state index contributed by atoms with van der Waals surface area (Å²) in [6.45, 7) is 0. The van der Waals surface area contributed by atoms with Gasteiger partial charge in [0.2, 0.25) is 0 Å². The summed E-state index contributed by atoms with van der Waals surface area (Å²) in [7, 11) is 0. The highest BCUT2D eigenvalue weighted by Crippen LogP contribution is 2.24. The number of hydrogen-bond donors (Lipinski definition) is 0. The van der Waals surface area contributed by atoms with Gasteiger partial charge in [0.05, 0.1) is 0 Å². The number of alkyl halides is 3. The Morgan fingerprint density at radius 1 is 1.28 bits per heavy atom. The van der Waals surface area contributed by atoms with Crippen LogP contribution in [0.25, 0.3) is 0 Å². The van der Waals surface area contributed by atoms with Gasteiger partial charge in [-0.1, -0.05) is 23.7 Å². The van der Waals surface area contributed by atoms with Crippen LogP contribution in [0.2, 0.25) is 5.02 Å². The maximum atomic E-state index is 12.3. The highest BCUT2D eigenvalue weighted by molar-refractivity contribution is 6.30. The summed E-state index contributed by atoms with van der Waals surface area (Å²) in [5.41, 5.74) is 0.661. The number of halogens is 4. The second-order valence-electron chi connectivity index (χ2n) is 3.70. The minimum absolute atomic E-state index is 0.0512. The molecule has 1 unspecified atom stereocenters. The smallest absolute Gasteiger partial charge is 0.401 e. The number of carbonyl (C=O) groups is 1. The van der Waals surface area contributed by atoms with Crippen molar-refractivity contribution in [3.05, 3.63) is 34.9 Å². The SMILES string of the molecule is O=C1OC(C(F)(F)F)=NC1Cc1ccc(Cl)cc1. The van der Waals surface area contributed by atoms with Crippen LogP contribution in [0.1, 0.15) is 5.56 Å². The van der Waals surface area contributed by atoms with Crippen LogP contribution in [-0.2, 0) is 16.0 Å². The summed E-state index contributed by atoms with van der Waals surface area (Å²) >= 11 is 5.67. The van der Waals surface area contributed by atoms with Crippen molar-refractivity contribution in [2.24, 2.45) is 4.99 Å². The van der Waals surface area contributed by atoms with Gasteiger partial charge in [0.25, 0.3) is 0 Å². The van der Waals surface area contributed by atoms with Crippen molar-refractivity contribution in [1.82, 2.24) is 0 Å². The first-order chi connectivity index (χ1) is 8.36. The molecular weight excluding hydrogens is 271 g/mol. The molecule has 0 aromatic heterocycles. The Labute approximate surface area is 105 Å². The van der Waals surface area contributed by atoms with Gasteiger partial charge in [0.1, 0.15) is 0 Å². The topological polar surface area (TPSA) is 38.7 Å². The third kappa shape index (κ3) is 2.81. The lowest BCUT2D eigenvalue weighted by molar-refractivity contribution is -0.139. The zero-order valence-corrected chi connectivity index (χ0v) is 9.63. The molecule has 0 saturated heterocycles. The standard InChI is InChI=1S/C11H7ClF3NO2/c12-7-3-1-6(2-4-7)5-8-9(17)18-10(16-8)11(13,14)15/h1-4,8H,5H2. The molecule has 0 fully saturated rings. The molecule has 0 aliphatic carbocycles. The number of benzene rings is 1. The molecule has 0 saturated carbocycles. The molecule has 1 aliphatic rings. The van der Waals surface area contributed by atoms with Gasteiger partial charge < -0.3 is 4.74 Å². The van der Waals surface area contributed by atoms with Crippen molar-refractivity contribution in [3.8, 4) is 0 Å². The van der Waals surface area contributed by atoms with E-state index in [4.69, 9.17) is 11.6 Å². The normalized spacial score (nSPS) is 19.7. The Morgan fingerprint density at radius 3 is 2.39 bits per heavy atom. The molecule has 3 nitrogen and oxygen atoms in total. The Balaban J connectivity index is 2.12. The minimum atomic E-state index is -4.73. The van der Waals surface area contributed by atoms with Gasteiger partial charge in [0, 0.05) is 11.4 Å². The van der Waals surface area contributed by atoms with Crippen molar-refractivity contribution in [2.75, 3.05) is 0 Å². The Kier molecular flexibility index (Phi) is 3.30. The number of rotatable bonds is 2. The second kappa shape index (κ2) is 4.61. The number of esters is 1. The van der Waals surface area contributed by atoms with E-state index in [-0.39, 0.29) is 6.42 Å². The van der Waals surface area contributed by atoms with Crippen LogP contribution in [0.4, 0.5) is 13.2 Å². The van der Waals surface area contributed by atoms with Gasteiger partial charge >= 0.3 is 18.0 Å². The fraction of sp³-hybridized carbons (Fsp3) is 0.273. The number of ether oxygens (including phenoxy) is 1. The predicted molar refractivity (Wildman–Crippen MR) is 58.5 cm³/mol. The molecule has 1 atom stereocenters. The summed E-state index contributed by atoms with van der Waals surface area (Å²) in [5, 5.41) is 0.507. The van der Waals surface area contributed by atoms with E-state index in [0.29, 0.717) is 10.6 Å². The van der Waals surface area contributed by atoms with Gasteiger partial charge in [-0.25, -0.2) is 9.79 Å². The molecule has 0 N–H and O–H groups in total. The summed E-state index contributed by atoms with van der Waals surface area (Å²) in [4.78, 5) is 14.5. The van der Waals surface area contributed by atoms with Crippen molar-refractivity contribution >= 4 is 23.5 Å². The van der Waals surface area contributed by atoms with Crippen molar-refractivity contribution in [1.29, 1.82) is 0 Å². The fourth-order valence-corrected chi connectivity index (χ4v) is 1.61. The number of hydrogen-bond acceptors (Lipinski definition) is 3. The van der Waals surface area contributed by atoms with E-state index in [9.17, 15) is 18.0 Å². The van der Waals surface area contributed by atoms with Gasteiger partial charge in [-0.2, -0.15) is 13.2 Å². The maximum Gasteiger partial charge on any atom is 0.468 e. The molecule has 0 bridgehead atoms. The van der Waals surface area contributed by atoms with Crippen molar-refractivity contribution < 1.29 is 22.7 Å². The van der Waals surface area contributed by atoms with Gasteiger partial charge in [0.15, 0.2) is 6.04 Å². The Morgan fingerprint density at radius 2 is 1.89 bits per heavy atom. The molecule has 0 spiro atoms. The summed E-state index contributed by atoms with van der Waals surface area (Å²) < 4.78 is 40.9. The van der Waals surface area contributed by atoms with Crippen LogP contribution in [0.15, 0.2) is 29.3 Å². The second-order valence-corrected chi connectivity index (χ2v) is 4.14. The third-order valence-electron chi connectivity index (χ3n) is 2.33. The molecule has 2 rings (SSSR count). The van der Waals surface area contributed by atoms with E-state index >= 15 is 0 Å². The molecule has 1 aliphatic heterocycles. The largest absolute Gasteiger partial charge is 0.468 e. The van der Waals surface area contributed by atoms with E-state index in [2.05, 4.69) is 9.73 Å². The first-order valence-corrected chi connectivity index (χ1v) is 5.35. The molecule has 0 radical (unpaired) electrons. The molecular formula is C11H7ClF3NO2. The van der Waals surface area contributed by atoms with Gasteiger partial charge in [-0.3, -0.25) is 0 Å². The molecule has 7 heteroatoms. The van der Waals surface area contributed by atoms with Crippen molar-refractivity contribution in [3.63, 3.8) is 0 Å². The first kappa shape index (κ1) is 12.9. The van der Waals surface area contributed by atoms with Crippen LogP contribution in [0.3, 0.4) is 0 Å². The van der Waals surface area contributed by atoms with E-state index < -0.39 is 24.1 Å². The van der Waals surface area contributed by atoms with Crippen LogP contribution in [-0.4, -0.2) is 24.1 Å². The van der Waals surface area contributed by atoms with Gasteiger partial charge in [-0.05, 0) is 17.7 Å². The molecule has 1 aromatic carbocycles. The van der Waals surface area contributed by atoms with Crippen LogP contribution < -0.4 is 0 Å². The average molecular weight is 278 g/mol. The molecule has 1 aromatic rings. The summed E-state index contributed by atoms with van der Waals surface area (Å²) in [6, 6.07) is 5.27. The average Bonchev–Trinajstić information content (AvgIpc) is 2.63. The number of carbonyl (C=O) groups excluding carboxylic acids is 1. The minimum Gasteiger partial charge on any atom is -0.401 e. The van der Waals surface area contributed by atoms with Crippen LogP contribution >= 0.6 is 11.6 Å².